The lowest BCUT2D eigenvalue weighted by atomic mass is 10.0. The lowest BCUT2D eigenvalue weighted by molar-refractivity contribution is -0.140. The molecule has 0 aliphatic carbocycles. The van der Waals surface area contributed by atoms with Gasteiger partial charge in [-0.2, -0.15) is 0 Å². The number of nitrogens with one attached hydrogen (secondary N) is 1. The second kappa shape index (κ2) is 14.9. The molecule has 0 unspecified atom stereocenters. The van der Waals surface area contributed by atoms with Gasteiger partial charge < -0.3 is 10.2 Å². The molecular weight excluding hydrogens is 665 g/mol. The summed E-state index contributed by atoms with van der Waals surface area (Å²) in [5.41, 5.74) is 1.78. The number of sulfonamides is 1. The van der Waals surface area contributed by atoms with Gasteiger partial charge in [-0.15, -0.1) is 0 Å². The van der Waals surface area contributed by atoms with Crippen LogP contribution in [0.25, 0.3) is 0 Å². The van der Waals surface area contributed by atoms with Crippen molar-refractivity contribution in [3.8, 4) is 0 Å². The zero-order valence-electron chi connectivity index (χ0n) is 26.0. The fourth-order valence-corrected chi connectivity index (χ4v) is 6.75. The van der Waals surface area contributed by atoms with Crippen LogP contribution in [0.3, 0.4) is 0 Å². The van der Waals surface area contributed by atoms with Crippen LogP contribution in [-0.4, -0.2) is 43.3 Å². The third kappa shape index (κ3) is 9.04. The summed E-state index contributed by atoms with van der Waals surface area (Å²) in [6.45, 7) is 6.71. The number of aryl methyl sites for hydroxylation is 1. The van der Waals surface area contributed by atoms with Gasteiger partial charge in [-0.1, -0.05) is 95.5 Å². The highest BCUT2D eigenvalue weighted by Gasteiger charge is 2.35. The fourth-order valence-electron chi connectivity index (χ4n) is 4.83. The maximum Gasteiger partial charge on any atom is 0.264 e. The maximum absolute atomic E-state index is 14.6. The number of rotatable bonds is 11. The molecule has 4 aromatic rings. The van der Waals surface area contributed by atoms with Gasteiger partial charge in [-0.3, -0.25) is 13.9 Å². The summed E-state index contributed by atoms with van der Waals surface area (Å²) >= 11 is 19.0. The number of hydrogen-bond acceptors (Lipinski definition) is 4. The molecule has 2 amide bonds. The Morgan fingerprint density at radius 1 is 0.783 bits per heavy atom. The number of amides is 2. The van der Waals surface area contributed by atoms with Crippen LogP contribution in [0.5, 0.6) is 0 Å². The fraction of sp³-hybridized carbons (Fsp3) is 0.257. The highest BCUT2D eigenvalue weighted by Crippen LogP contribution is 2.29. The maximum atomic E-state index is 14.6. The first-order valence-electron chi connectivity index (χ1n) is 14.6. The van der Waals surface area contributed by atoms with Gasteiger partial charge >= 0.3 is 0 Å². The Bertz CT molecular complexity index is 1800. The van der Waals surface area contributed by atoms with Crippen LogP contribution in [0.1, 0.15) is 37.5 Å². The van der Waals surface area contributed by atoms with Crippen molar-refractivity contribution in [3.05, 3.63) is 129 Å². The van der Waals surface area contributed by atoms with Crippen LogP contribution in [0.4, 0.5) is 5.69 Å². The monoisotopic (exact) mass is 699 g/mol. The molecule has 7 nitrogen and oxygen atoms in total. The van der Waals surface area contributed by atoms with Crippen LogP contribution in [-0.2, 0) is 32.6 Å². The second-order valence-electron chi connectivity index (χ2n) is 12.0. The summed E-state index contributed by atoms with van der Waals surface area (Å²) in [5.74, 6) is -0.993. The average Bonchev–Trinajstić information content (AvgIpc) is 3.00. The van der Waals surface area contributed by atoms with Crippen molar-refractivity contribution >= 4 is 62.3 Å². The lowest BCUT2D eigenvalue weighted by Crippen LogP contribution is -2.56. The molecule has 1 atom stereocenters. The van der Waals surface area contributed by atoms with E-state index in [1.54, 1.807) is 55.5 Å². The van der Waals surface area contributed by atoms with Crippen LogP contribution in [0.15, 0.2) is 102 Å². The molecule has 0 aliphatic heterocycles. The number of anilines is 1. The number of halogens is 3. The van der Waals surface area contributed by atoms with Crippen molar-refractivity contribution in [1.82, 2.24) is 10.2 Å². The van der Waals surface area contributed by atoms with E-state index < -0.39 is 34.1 Å². The zero-order chi connectivity index (χ0) is 33.6. The van der Waals surface area contributed by atoms with Gasteiger partial charge in [0.1, 0.15) is 12.6 Å². The predicted molar refractivity (Wildman–Crippen MR) is 186 cm³/mol. The van der Waals surface area contributed by atoms with E-state index in [-0.39, 0.29) is 34.5 Å². The molecule has 11 heteroatoms. The number of carbonyl (C=O) groups is 2. The van der Waals surface area contributed by atoms with Crippen molar-refractivity contribution in [3.63, 3.8) is 0 Å². The van der Waals surface area contributed by atoms with Gasteiger partial charge in [-0.25, -0.2) is 8.42 Å². The summed E-state index contributed by atoms with van der Waals surface area (Å²) in [6, 6.07) is 25.9. The minimum atomic E-state index is -4.24. The number of nitrogens with zero attached hydrogens (tertiary/aromatic N) is 2. The average molecular weight is 701 g/mol. The van der Waals surface area contributed by atoms with Crippen LogP contribution in [0.2, 0.25) is 15.1 Å². The Morgan fingerprint density at radius 2 is 1.41 bits per heavy atom. The third-order valence-electron chi connectivity index (χ3n) is 7.16. The Morgan fingerprint density at radius 3 is 2.00 bits per heavy atom. The molecule has 0 aromatic heterocycles. The minimum Gasteiger partial charge on any atom is -0.350 e. The lowest BCUT2D eigenvalue weighted by Gasteiger charge is -2.35. The summed E-state index contributed by atoms with van der Waals surface area (Å²) < 4.78 is 29.2. The quantitative estimate of drug-likeness (QED) is 0.174. The summed E-state index contributed by atoms with van der Waals surface area (Å²) in [5, 5.41) is 3.98. The van der Waals surface area contributed by atoms with E-state index in [0.717, 1.165) is 15.4 Å². The number of carbonyl (C=O) groups excluding carboxylic acids is 2. The van der Waals surface area contributed by atoms with Crippen LogP contribution >= 0.6 is 34.8 Å². The molecule has 46 heavy (non-hydrogen) atoms. The first kappa shape index (κ1) is 35.3. The van der Waals surface area contributed by atoms with Crippen molar-refractivity contribution in [2.75, 3.05) is 10.8 Å². The molecule has 0 heterocycles. The second-order valence-corrected chi connectivity index (χ2v) is 15.1. The highest BCUT2D eigenvalue weighted by atomic mass is 35.5. The zero-order valence-corrected chi connectivity index (χ0v) is 29.1. The predicted octanol–water partition coefficient (Wildman–Crippen LogP) is 7.71. The first-order valence-corrected chi connectivity index (χ1v) is 17.2. The SMILES string of the molecule is Cc1ccc(N(CC(=O)N(Cc2ccc(Cl)c(Cl)c2)[C@H](Cc2ccccc2)C(=O)NC(C)(C)C)S(=O)(=O)c2ccccc2)cc1Cl. The molecule has 4 rings (SSSR count). The summed E-state index contributed by atoms with van der Waals surface area (Å²) in [7, 11) is -4.24. The minimum absolute atomic E-state index is 0.00171. The summed E-state index contributed by atoms with van der Waals surface area (Å²) in [6.07, 6.45) is 0.178. The van der Waals surface area contributed by atoms with Gasteiger partial charge in [0.15, 0.2) is 0 Å². The molecule has 0 saturated heterocycles. The van der Waals surface area contributed by atoms with Gasteiger partial charge in [-0.05, 0) is 80.8 Å². The van der Waals surface area contributed by atoms with Crippen LogP contribution in [0, 0.1) is 6.92 Å². The Kier molecular flexibility index (Phi) is 11.4. The van der Waals surface area contributed by atoms with Crippen molar-refractivity contribution < 1.29 is 18.0 Å². The van der Waals surface area contributed by atoms with Crippen molar-refractivity contribution in [2.24, 2.45) is 0 Å². The molecule has 4 aromatic carbocycles. The Balaban J connectivity index is 1.84. The molecule has 0 spiro atoms. The molecule has 0 bridgehead atoms. The number of hydrogen-bond donors (Lipinski definition) is 1. The van der Waals surface area contributed by atoms with E-state index in [1.807, 2.05) is 51.1 Å². The molecular formula is C35H36Cl3N3O4S. The molecule has 0 saturated carbocycles. The molecule has 0 radical (unpaired) electrons. The van der Waals surface area contributed by atoms with E-state index in [4.69, 9.17) is 34.8 Å². The Hall–Kier alpha value is -3.56. The van der Waals surface area contributed by atoms with E-state index >= 15 is 0 Å². The normalized spacial score (nSPS) is 12.3. The van der Waals surface area contributed by atoms with E-state index in [9.17, 15) is 18.0 Å². The number of benzene rings is 4. The Labute approximate surface area is 286 Å². The van der Waals surface area contributed by atoms with E-state index in [0.29, 0.717) is 15.6 Å². The highest BCUT2D eigenvalue weighted by molar-refractivity contribution is 7.92. The van der Waals surface area contributed by atoms with E-state index in [2.05, 4.69) is 5.32 Å². The van der Waals surface area contributed by atoms with Crippen molar-refractivity contribution in [2.45, 2.75) is 57.1 Å². The van der Waals surface area contributed by atoms with Crippen LogP contribution < -0.4 is 9.62 Å². The van der Waals surface area contributed by atoms with Gasteiger partial charge in [0.05, 0.1) is 20.6 Å². The van der Waals surface area contributed by atoms with E-state index in [1.165, 1.54) is 23.1 Å². The standard InChI is InChI=1S/C35H36Cl3N3O4S/c1-24-15-17-27(21-30(24)37)41(46(44,45)28-13-9-6-10-14-28)23-33(42)40(22-26-16-18-29(36)31(38)19-26)32(34(43)39-35(2,3)4)20-25-11-7-5-8-12-25/h5-19,21,32H,20,22-23H2,1-4H3,(H,39,43)/t32-/m1/s1. The molecule has 1 N–H and O–H groups in total. The molecule has 242 valence electrons. The topological polar surface area (TPSA) is 86.8 Å². The third-order valence-corrected chi connectivity index (χ3v) is 10.1. The smallest absolute Gasteiger partial charge is 0.264 e. The molecule has 0 aliphatic rings. The van der Waals surface area contributed by atoms with Gasteiger partial charge in [0, 0.05) is 23.5 Å². The van der Waals surface area contributed by atoms with Crippen molar-refractivity contribution in [1.29, 1.82) is 0 Å². The summed E-state index contributed by atoms with van der Waals surface area (Å²) in [4.78, 5) is 29.9. The largest absolute Gasteiger partial charge is 0.350 e. The van der Waals surface area contributed by atoms with Gasteiger partial charge in [0.25, 0.3) is 10.0 Å². The first-order chi connectivity index (χ1) is 21.7. The van der Waals surface area contributed by atoms with Gasteiger partial charge in [0.2, 0.25) is 11.8 Å². The molecule has 0 fully saturated rings.